The summed E-state index contributed by atoms with van der Waals surface area (Å²) < 4.78 is 0. The number of nitrogens with zero attached hydrogens (tertiary/aromatic N) is 1. The van der Waals surface area contributed by atoms with Crippen molar-refractivity contribution in [3.63, 3.8) is 0 Å². The Morgan fingerprint density at radius 1 is 1.35 bits per heavy atom. The van der Waals surface area contributed by atoms with Crippen molar-refractivity contribution in [1.82, 2.24) is 15.2 Å². The molecule has 1 fully saturated rings. The highest BCUT2D eigenvalue weighted by Crippen LogP contribution is 2.23. The first kappa shape index (κ1) is 15.6. The van der Waals surface area contributed by atoms with Crippen LogP contribution in [0.5, 0.6) is 0 Å². The third-order valence-electron chi connectivity index (χ3n) is 4.73. The highest BCUT2D eigenvalue weighted by atomic mass is 16.2. The predicted octanol–water partition coefficient (Wildman–Crippen LogP) is 2.15. The molecule has 122 valence electrons. The number of likely N-dealkylation sites (N-methyl/N-ethyl adjacent to an activating group) is 1. The fourth-order valence-electron chi connectivity index (χ4n) is 3.36. The van der Waals surface area contributed by atoms with Crippen LogP contribution in [0.4, 0.5) is 0 Å². The fraction of sp³-hybridized carbons (Fsp3) is 0.444. The van der Waals surface area contributed by atoms with Crippen LogP contribution in [-0.2, 0) is 16.0 Å². The zero-order valence-corrected chi connectivity index (χ0v) is 13.7. The molecule has 5 nitrogen and oxygen atoms in total. The number of carbonyl (C=O) groups is 2. The Kier molecular flexibility index (Phi) is 4.37. The molecule has 23 heavy (non-hydrogen) atoms. The zero-order chi connectivity index (χ0) is 16.4. The van der Waals surface area contributed by atoms with E-state index in [0.717, 1.165) is 24.1 Å². The first-order valence-electron chi connectivity index (χ1n) is 8.17. The number of hydrogen-bond acceptors (Lipinski definition) is 2. The van der Waals surface area contributed by atoms with Crippen LogP contribution in [0.2, 0.25) is 0 Å². The quantitative estimate of drug-likeness (QED) is 0.908. The van der Waals surface area contributed by atoms with Gasteiger partial charge in [0.15, 0.2) is 0 Å². The molecule has 0 radical (unpaired) electrons. The Balaban J connectivity index is 1.68. The number of aromatic amines is 1. The van der Waals surface area contributed by atoms with Gasteiger partial charge >= 0.3 is 0 Å². The number of H-pyrrole nitrogens is 1. The number of carbonyl (C=O) groups excluding carboxylic acids is 2. The number of benzene rings is 1. The molecule has 1 aliphatic rings. The van der Waals surface area contributed by atoms with Gasteiger partial charge in [-0.1, -0.05) is 18.2 Å². The normalized spacial score (nSPS) is 18.0. The monoisotopic (exact) mass is 313 g/mol. The minimum Gasteiger partial charge on any atom is -0.358 e. The van der Waals surface area contributed by atoms with Gasteiger partial charge in [-0.2, -0.15) is 0 Å². The highest BCUT2D eigenvalue weighted by Gasteiger charge is 2.28. The van der Waals surface area contributed by atoms with Gasteiger partial charge in [-0.3, -0.25) is 9.59 Å². The molecule has 1 aromatic carbocycles. The molecule has 1 saturated heterocycles. The summed E-state index contributed by atoms with van der Waals surface area (Å²) >= 11 is 0. The number of fused-ring (bicyclic) bond motifs is 1. The van der Waals surface area contributed by atoms with Crippen molar-refractivity contribution in [2.24, 2.45) is 0 Å². The Bertz CT molecular complexity index is 735. The highest BCUT2D eigenvalue weighted by molar-refractivity contribution is 5.89. The lowest BCUT2D eigenvalue weighted by Gasteiger charge is -2.30. The molecule has 0 saturated carbocycles. The average molecular weight is 313 g/mol. The van der Waals surface area contributed by atoms with E-state index in [4.69, 9.17) is 0 Å². The summed E-state index contributed by atoms with van der Waals surface area (Å²) in [6.45, 7) is 2.75. The van der Waals surface area contributed by atoms with E-state index in [1.165, 1.54) is 10.9 Å². The van der Waals surface area contributed by atoms with E-state index in [-0.39, 0.29) is 17.9 Å². The van der Waals surface area contributed by atoms with Crippen LogP contribution >= 0.6 is 0 Å². The molecule has 2 amide bonds. The molecule has 1 atom stereocenters. The number of aromatic nitrogens is 1. The minimum atomic E-state index is -0.319. The van der Waals surface area contributed by atoms with Gasteiger partial charge in [0.25, 0.3) is 0 Å². The van der Waals surface area contributed by atoms with Gasteiger partial charge in [-0.25, -0.2) is 0 Å². The van der Waals surface area contributed by atoms with E-state index in [0.29, 0.717) is 19.4 Å². The molecule has 2 N–H and O–H groups in total. The van der Waals surface area contributed by atoms with Crippen LogP contribution in [0.25, 0.3) is 10.9 Å². The summed E-state index contributed by atoms with van der Waals surface area (Å²) in [7, 11) is 1.74. The van der Waals surface area contributed by atoms with Crippen molar-refractivity contribution in [3.05, 3.63) is 35.5 Å². The Labute approximate surface area is 136 Å². The van der Waals surface area contributed by atoms with E-state index in [1.807, 2.05) is 25.1 Å². The molecular weight excluding hydrogens is 290 g/mol. The SMILES string of the molecule is Cc1[nH]c2ccccc2c1CCC(=O)N(C)C1CCCNC1=O. The van der Waals surface area contributed by atoms with Gasteiger partial charge in [-0.05, 0) is 37.8 Å². The molecule has 0 spiro atoms. The van der Waals surface area contributed by atoms with Gasteiger partial charge in [0.05, 0.1) is 0 Å². The van der Waals surface area contributed by atoms with E-state index >= 15 is 0 Å². The van der Waals surface area contributed by atoms with E-state index < -0.39 is 0 Å². The van der Waals surface area contributed by atoms with E-state index in [9.17, 15) is 9.59 Å². The van der Waals surface area contributed by atoms with Crippen LogP contribution in [0.15, 0.2) is 24.3 Å². The minimum absolute atomic E-state index is 0.0248. The Hall–Kier alpha value is -2.30. The van der Waals surface area contributed by atoms with Crippen LogP contribution < -0.4 is 5.32 Å². The van der Waals surface area contributed by atoms with Crippen LogP contribution in [0.3, 0.4) is 0 Å². The zero-order valence-electron chi connectivity index (χ0n) is 13.7. The van der Waals surface area contributed by atoms with E-state index in [2.05, 4.69) is 16.4 Å². The van der Waals surface area contributed by atoms with Gasteiger partial charge in [0.1, 0.15) is 6.04 Å². The molecule has 1 aliphatic heterocycles. The van der Waals surface area contributed by atoms with E-state index in [1.54, 1.807) is 11.9 Å². The summed E-state index contributed by atoms with van der Waals surface area (Å²) in [6, 6.07) is 7.82. The summed E-state index contributed by atoms with van der Waals surface area (Å²) in [5.74, 6) is -0.00731. The lowest BCUT2D eigenvalue weighted by molar-refractivity contribution is -0.140. The average Bonchev–Trinajstić information content (AvgIpc) is 2.87. The number of amides is 2. The Morgan fingerprint density at radius 3 is 2.91 bits per heavy atom. The lowest BCUT2D eigenvalue weighted by Crippen LogP contribution is -2.51. The number of hydrogen-bond donors (Lipinski definition) is 2. The lowest BCUT2D eigenvalue weighted by atomic mass is 10.0. The van der Waals surface area contributed by atoms with Gasteiger partial charge < -0.3 is 15.2 Å². The van der Waals surface area contributed by atoms with Crippen molar-refractivity contribution in [1.29, 1.82) is 0 Å². The second-order valence-electron chi connectivity index (χ2n) is 6.23. The van der Waals surface area contributed by atoms with Gasteiger partial charge in [0, 0.05) is 36.6 Å². The van der Waals surface area contributed by atoms with Gasteiger partial charge in [0.2, 0.25) is 11.8 Å². The molecule has 1 aromatic heterocycles. The van der Waals surface area contributed by atoms with Crippen molar-refractivity contribution < 1.29 is 9.59 Å². The molecule has 0 bridgehead atoms. The topological polar surface area (TPSA) is 65.2 Å². The maximum Gasteiger partial charge on any atom is 0.242 e. The van der Waals surface area contributed by atoms with Crippen molar-refractivity contribution >= 4 is 22.7 Å². The standard InChI is InChI=1S/C18H23N3O2/c1-12-13(14-6-3-4-7-15(14)20-12)9-10-17(22)21(2)16-8-5-11-19-18(16)23/h3-4,6-7,16,20H,5,8-11H2,1-2H3,(H,19,23). The first-order chi connectivity index (χ1) is 11.1. The second kappa shape index (κ2) is 6.44. The van der Waals surface area contributed by atoms with Crippen molar-refractivity contribution in [3.8, 4) is 0 Å². The molecule has 3 rings (SSSR count). The largest absolute Gasteiger partial charge is 0.358 e. The summed E-state index contributed by atoms with van der Waals surface area (Å²) in [5, 5.41) is 4.01. The van der Waals surface area contributed by atoms with Crippen LogP contribution in [-0.4, -0.2) is 41.3 Å². The third-order valence-corrected chi connectivity index (χ3v) is 4.73. The van der Waals surface area contributed by atoms with Crippen LogP contribution in [0.1, 0.15) is 30.5 Å². The molecule has 2 aromatic rings. The number of rotatable bonds is 4. The molecular formula is C18H23N3O2. The smallest absolute Gasteiger partial charge is 0.242 e. The number of aryl methyl sites for hydroxylation is 2. The summed E-state index contributed by atoms with van der Waals surface area (Å²) in [6.07, 6.45) is 2.78. The van der Waals surface area contributed by atoms with Crippen molar-refractivity contribution in [2.45, 2.75) is 38.6 Å². The maximum absolute atomic E-state index is 12.5. The fourth-order valence-corrected chi connectivity index (χ4v) is 3.36. The third kappa shape index (κ3) is 3.09. The number of piperidine rings is 1. The Morgan fingerprint density at radius 2 is 2.13 bits per heavy atom. The summed E-state index contributed by atoms with van der Waals surface area (Å²) in [5.41, 5.74) is 3.40. The second-order valence-corrected chi connectivity index (χ2v) is 6.23. The maximum atomic E-state index is 12.5. The molecule has 5 heteroatoms. The molecule has 1 unspecified atom stereocenters. The molecule has 2 heterocycles. The van der Waals surface area contributed by atoms with Crippen molar-refractivity contribution in [2.75, 3.05) is 13.6 Å². The van der Waals surface area contributed by atoms with Crippen LogP contribution in [0, 0.1) is 6.92 Å². The number of para-hydroxylation sites is 1. The van der Waals surface area contributed by atoms with Gasteiger partial charge in [-0.15, -0.1) is 0 Å². The predicted molar refractivity (Wildman–Crippen MR) is 90.2 cm³/mol. The number of nitrogens with one attached hydrogen (secondary N) is 2. The first-order valence-corrected chi connectivity index (χ1v) is 8.17. The summed E-state index contributed by atoms with van der Waals surface area (Å²) in [4.78, 5) is 29.3. The molecule has 0 aliphatic carbocycles.